The van der Waals surface area contributed by atoms with Gasteiger partial charge in [0.05, 0.1) is 0 Å². The first-order valence-corrected chi connectivity index (χ1v) is 4.34. The second-order valence-electron chi connectivity index (χ2n) is 3.17. The number of nitrogens with one attached hydrogen (secondary N) is 1. The van der Waals surface area contributed by atoms with E-state index in [0.717, 1.165) is 6.42 Å². The van der Waals surface area contributed by atoms with E-state index in [1.54, 1.807) is 12.1 Å². The molecule has 2 nitrogen and oxygen atoms in total. The molecule has 1 amide bonds. The van der Waals surface area contributed by atoms with E-state index in [4.69, 9.17) is 0 Å². The summed E-state index contributed by atoms with van der Waals surface area (Å²) in [5, 5.41) is 2.68. The van der Waals surface area contributed by atoms with Crippen LogP contribution < -0.4 is 5.32 Å². The third kappa shape index (κ3) is 1.54. The van der Waals surface area contributed by atoms with Crippen molar-refractivity contribution in [3.63, 3.8) is 0 Å². The van der Waals surface area contributed by atoms with Crippen molar-refractivity contribution in [2.45, 2.75) is 19.3 Å². The zero-order chi connectivity index (χ0) is 9.26. The van der Waals surface area contributed by atoms with E-state index < -0.39 is 0 Å². The lowest BCUT2D eigenvalue weighted by molar-refractivity contribution is -0.116. The third-order valence-corrected chi connectivity index (χ3v) is 2.22. The zero-order valence-electron chi connectivity index (χ0n) is 7.14. The summed E-state index contributed by atoms with van der Waals surface area (Å²) in [5.74, 6) is -0.246. The van der Waals surface area contributed by atoms with Gasteiger partial charge in [0.2, 0.25) is 5.91 Å². The van der Waals surface area contributed by atoms with Crippen molar-refractivity contribution >= 4 is 11.6 Å². The maximum absolute atomic E-state index is 13.2. The molecule has 0 spiro atoms. The van der Waals surface area contributed by atoms with Gasteiger partial charge in [-0.1, -0.05) is 6.07 Å². The van der Waals surface area contributed by atoms with Gasteiger partial charge in [0.15, 0.2) is 0 Å². The number of carbonyl (C=O) groups excluding carboxylic acids is 1. The third-order valence-electron chi connectivity index (χ3n) is 2.22. The molecule has 1 N–H and O–H groups in total. The van der Waals surface area contributed by atoms with Crippen LogP contribution in [0.15, 0.2) is 18.2 Å². The Hall–Kier alpha value is -1.38. The molecule has 1 aliphatic rings. The van der Waals surface area contributed by atoms with Crippen molar-refractivity contribution in [3.05, 3.63) is 29.6 Å². The average Bonchev–Trinajstić information content (AvgIpc) is 2.27. The van der Waals surface area contributed by atoms with Gasteiger partial charge in [-0.3, -0.25) is 4.79 Å². The van der Waals surface area contributed by atoms with E-state index in [-0.39, 0.29) is 11.7 Å². The van der Waals surface area contributed by atoms with Crippen LogP contribution in [0.3, 0.4) is 0 Å². The van der Waals surface area contributed by atoms with E-state index in [0.29, 0.717) is 24.1 Å². The topological polar surface area (TPSA) is 29.1 Å². The predicted molar refractivity (Wildman–Crippen MR) is 48.0 cm³/mol. The average molecular weight is 179 g/mol. The largest absolute Gasteiger partial charge is 0.326 e. The Morgan fingerprint density at radius 2 is 2.15 bits per heavy atom. The Morgan fingerprint density at radius 3 is 3.00 bits per heavy atom. The summed E-state index contributed by atoms with van der Waals surface area (Å²) in [7, 11) is 0. The van der Waals surface area contributed by atoms with Crippen LogP contribution in [0.2, 0.25) is 0 Å². The molecule has 0 atom stereocenters. The lowest BCUT2D eigenvalue weighted by Gasteiger charge is -2.06. The summed E-state index contributed by atoms with van der Waals surface area (Å²) in [6.45, 7) is 0. The molecule has 0 saturated heterocycles. The first-order chi connectivity index (χ1) is 6.27. The monoisotopic (exact) mass is 179 g/mol. The Kier molecular flexibility index (Phi) is 2.00. The van der Waals surface area contributed by atoms with Crippen LogP contribution in [0.5, 0.6) is 0 Å². The van der Waals surface area contributed by atoms with Gasteiger partial charge < -0.3 is 5.32 Å². The maximum atomic E-state index is 13.2. The molecular formula is C10H10FNO. The normalized spacial score (nSPS) is 15.9. The van der Waals surface area contributed by atoms with Crippen molar-refractivity contribution in [2.24, 2.45) is 0 Å². The van der Waals surface area contributed by atoms with Gasteiger partial charge in [0.1, 0.15) is 5.82 Å². The van der Waals surface area contributed by atoms with Crippen LogP contribution in [0.25, 0.3) is 0 Å². The molecule has 1 aromatic rings. The number of rotatable bonds is 0. The van der Waals surface area contributed by atoms with E-state index in [9.17, 15) is 9.18 Å². The zero-order valence-corrected chi connectivity index (χ0v) is 7.14. The highest BCUT2D eigenvalue weighted by Crippen LogP contribution is 2.23. The summed E-state index contributed by atoms with van der Waals surface area (Å²) < 4.78 is 13.2. The summed E-state index contributed by atoms with van der Waals surface area (Å²) in [5.41, 5.74) is 1.26. The van der Waals surface area contributed by atoms with Gasteiger partial charge in [-0.05, 0) is 25.0 Å². The minimum atomic E-state index is -0.222. The summed E-state index contributed by atoms with van der Waals surface area (Å²) in [6, 6.07) is 4.78. The highest BCUT2D eigenvalue weighted by atomic mass is 19.1. The van der Waals surface area contributed by atoms with Gasteiger partial charge in [0, 0.05) is 17.7 Å². The van der Waals surface area contributed by atoms with Gasteiger partial charge in [0.25, 0.3) is 0 Å². The van der Waals surface area contributed by atoms with Crippen LogP contribution in [0.1, 0.15) is 18.4 Å². The molecule has 1 aromatic carbocycles. The molecule has 0 unspecified atom stereocenters. The Bertz CT molecular complexity index is 349. The van der Waals surface area contributed by atoms with Gasteiger partial charge in [-0.15, -0.1) is 0 Å². The van der Waals surface area contributed by atoms with Crippen molar-refractivity contribution in [1.82, 2.24) is 0 Å². The lowest BCUT2D eigenvalue weighted by Crippen LogP contribution is -2.09. The second kappa shape index (κ2) is 3.17. The number of hydrogen-bond acceptors (Lipinski definition) is 1. The molecule has 0 radical (unpaired) electrons. The molecule has 3 heteroatoms. The number of halogens is 1. The summed E-state index contributed by atoms with van der Waals surface area (Å²) in [4.78, 5) is 11.1. The van der Waals surface area contributed by atoms with Crippen LogP contribution in [0, 0.1) is 5.82 Å². The summed E-state index contributed by atoms with van der Waals surface area (Å²) in [6.07, 6.45) is 1.84. The second-order valence-corrected chi connectivity index (χ2v) is 3.17. The fourth-order valence-electron chi connectivity index (χ4n) is 1.57. The molecule has 1 aliphatic heterocycles. The number of amides is 1. The van der Waals surface area contributed by atoms with E-state index in [2.05, 4.69) is 5.32 Å². The van der Waals surface area contributed by atoms with Gasteiger partial charge in [-0.25, -0.2) is 4.39 Å². The minimum absolute atomic E-state index is 0.0237. The SMILES string of the molecule is O=C1CCCc2c(F)cccc2N1. The van der Waals surface area contributed by atoms with Gasteiger partial charge >= 0.3 is 0 Å². The van der Waals surface area contributed by atoms with Crippen molar-refractivity contribution in [1.29, 1.82) is 0 Å². The predicted octanol–water partition coefficient (Wildman–Crippen LogP) is 2.10. The van der Waals surface area contributed by atoms with Gasteiger partial charge in [-0.2, -0.15) is 0 Å². The molecule has 0 aromatic heterocycles. The van der Waals surface area contributed by atoms with E-state index in [1.165, 1.54) is 6.07 Å². The molecule has 0 bridgehead atoms. The molecule has 0 saturated carbocycles. The van der Waals surface area contributed by atoms with Crippen molar-refractivity contribution in [2.75, 3.05) is 5.32 Å². The highest BCUT2D eigenvalue weighted by molar-refractivity contribution is 5.92. The number of hydrogen-bond donors (Lipinski definition) is 1. The Balaban J connectivity index is 2.45. The maximum Gasteiger partial charge on any atom is 0.224 e. The lowest BCUT2D eigenvalue weighted by atomic mass is 10.1. The fourth-order valence-corrected chi connectivity index (χ4v) is 1.57. The van der Waals surface area contributed by atoms with E-state index >= 15 is 0 Å². The Labute approximate surface area is 75.8 Å². The smallest absolute Gasteiger partial charge is 0.224 e. The number of benzene rings is 1. The summed E-state index contributed by atoms with van der Waals surface area (Å²) >= 11 is 0. The number of anilines is 1. The van der Waals surface area contributed by atoms with Crippen LogP contribution in [0.4, 0.5) is 10.1 Å². The van der Waals surface area contributed by atoms with Crippen molar-refractivity contribution in [3.8, 4) is 0 Å². The molecule has 2 rings (SSSR count). The molecule has 1 heterocycles. The quantitative estimate of drug-likeness (QED) is 0.649. The molecule has 13 heavy (non-hydrogen) atoms. The number of carbonyl (C=O) groups is 1. The highest BCUT2D eigenvalue weighted by Gasteiger charge is 2.14. The number of fused-ring (bicyclic) bond motifs is 1. The standard InChI is InChI=1S/C10H10FNO/c11-8-4-2-5-9-7(8)3-1-6-10(13)12-9/h2,4-5H,1,3,6H2,(H,12,13). The van der Waals surface area contributed by atoms with Crippen LogP contribution in [-0.4, -0.2) is 5.91 Å². The molecule has 68 valence electrons. The van der Waals surface area contributed by atoms with Crippen LogP contribution in [-0.2, 0) is 11.2 Å². The minimum Gasteiger partial charge on any atom is -0.326 e. The van der Waals surface area contributed by atoms with Crippen molar-refractivity contribution < 1.29 is 9.18 Å². The van der Waals surface area contributed by atoms with Crippen LogP contribution >= 0.6 is 0 Å². The van der Waals surface area contributed by atoms with E-state index in [1.807, 2.05) is 0 Å². The fraction of sp³-hybridized carbons (Fsp3) is 0.300. The molecule has 0 aliphatic carbocycles. The first kappa shape index (κ1) is 8.23. The molecular weight excluding hydrogens is 169 g/mol. The Morgan fingerprint density at radius 1 is 1.31 bits per heavy atom. The first-order valence-electron chi connectivity index (χ1n) is 4.34. The molecule has 0 fully saturated rings.